The van der Waals surface area contributed by atoms with Gasteiger partial charge in [-0.2, -0.15) is 5.10 Å². The van der Waals surface area contributed by atoms with Gasteiger partial charge in [-0.25, -0.2) is 9.59 Å². The standard InChI is InChI=1S/C5H5N3O4.Al.2H/c1-8-3(9)2(4(10)11)6-7-5(8)12;;;/h1H3,(H2,7,9,10,11,12);;;/q;+1;;/p-1. The summed E-state index contributed by atoms with van der Waals surface area (Å²) < 4.78 is 1.66. The van der Waals surface area contributed by atoms with Crippen molar-refractivity contribution < 1.29 is 9.90 Å². The van der Waals surface area contributed by atoms with E-state index in [1.807, 2.05) is 0 Å². The zero-order valence-electron chi connectivity index (χ0n) is 7.01. The first kappa shape index (κ1) is 9.70. The molecule has 0 saturated heterocycles. The van der Waals surface area contributed by atoms with E-state index in [0.29, 0.717) is 0 Å². The molecule has 0 saturated carbocycles. The molecule has 0 aliphatic heterocycles. The first-order valence-corrected chi connectivity index (χ1v) is 4.22. The Balaban J connectivity index is 3.70. The molecule has 1 rings (SSSR count). The van der Waals surface area contributed by atoms with Gasteiger partial charge >= 0.3 is 28.2 Å². The van der Waals surface area contributed by atoms with Gasteiger partial charge in [0.25, 0.3) is 5.56 Å². The van der Waals surface area contributed by atoms with E-state index in [4.69, 9.17) is 5.11 Å². The van der Waals surface area contributed by atoms with E-state index in [0.717, 1.165) is 8.23 Å². The molecule has 13 heavy (non-hydrogen) atoms. The lowest BCUT2D eigenvalue weighted by molar-refractivity contribution is 0.0685. The maximum atomic E-state index is 11.1. The quantitative estimate of drug-likeness (QED) is 0.487. The van der Waals surface area contributed by atoms with Crippen molar-refractivity contribution >= 4 is 22.5 Å². The SMILES string of the molecule is Cn1c(=O)c(C(=O)O)n[n]([AlH2])c1=O. The Morgan fingerprint density at radius 3 is 2.54 bits per heavy atom. The highest BCUT2D eigenvalue weighted by Crippen LogP contribution is 1.79. The summed E-state index contributed by atoms with van der Waals surface area (Å²) in [5, 5.41) is 11.9. The smallest absolute Gasteiger partial charge is 0.406 e. The lowest BCUT2D eigenvalue weighted by Crippen LogP contribution is -2.42. The van der Waals surface area contributed by atoms with Crippen LogP contribution in [0.4, 0.5) is 0 Å². The molecule has 7 nitrogen and oxygen atoms in total. The predicted octanol–water partition coefficient (Wildman–Crippen LogP) is -2.96. The molecule has 1 aromatic rings. The third kappa shape index (κ3) is 1.54. The Morgan fingerprint density at radius 2 is 2.08 bits per heavy atom. The second-order valence-corrected chi connectivity index (χ2v) is 3.27. The Labute approximate surface area is 79.9 Å². The highest BCUT2D eigenvalue weighted by atomic mass is 27.1. The summed E-state index contributed by atoms with van der Waals surface area (Å²) in [5.74, 6) is -1.43. The normalized spacial score (nSPS) is 9.92. The molecule has 0 aliphatic carbocycles. The minimum absolute atomic E-state index is 0.237. The van der Waals surface area contributed by atoms with Crippen molar-refractivity contribution in [3.05, 3.63) is 26.5 Å². The monoisotopic (exact) mass is 199 g/mol. The molecular weight excluding hydrogens is 193 g/mol. The molecule has 1 N–H and O–H groups in total. The molecule has 0 fully saturated rings. The van der Waals surface area contributed by atoms with Crippen molar-refractivity contribution in [1.29, 1.82) is 0 Å². The Morgan fingerprint density at radius 1 is 1.54 bits per heavy atom. The summed E-state index contributed by atoms with van der Waals surface area (Å²) in [6.07, 6.45) is 0. The molecule has 8 heteroatoms. The van der Waals surface area contributed by atoms with Gasteiger partial charge in [0.1, 0.15) is 0 Å². The van der Waals surface area contributed by atoms with Crippen LogP contribution in [-0.2, 0) is 7.05 Å². The van der Waals surface area contributed by atoms with Gasteiger partial charge in [-0.15, -0.1) is 0 Å². The van der Waals surface area contributed by atoms with Crippen molar-refractivity contribution in [2.45, 2.75) is 0 Å². The van der Waals surface area contributed by atoms with Gasteiger partial charge in [0.15, 0.2) is 0 Å². The first-order chi connectivity index (χ1) is 5.95. The topological polar surface area (TPSA) is 94.2 Å². The average molecular weight is 199 g/mol. The summed E-state index contributed by atoms with van der Waals surface area (Å²) in [5.41, 5.74) is -2.11. The van der Waals surface area contributed by atoms with Crippen molar-refractivity contribution in [3.8, 4) is 0 Å². The predicted molar refractivity (Wildman–Crippen MR) is 44.6 cm³/mol. The van der Waals surface area contributed by atoms with Crippen molar-refractivity contribution in [1.82, 2.24) is 13.3 Å². The molecule has 0 spiro atoms. The number of rotatable bonds is 1. The van der Waals surface area contributed by atoms with Crippen LogP contribution in [-0.4, -0.2) is 40.9 Å². The third-order valence-electron chi connectivity index (χ3n) is 1.52. The summed E-state index contributed by atoms with van der Waals surface area (Å²) >= 11 is 0.237. The zero-order chi connectivity index (χ0) is 10.2. The molecule has 68 valence electrons. The van der Waals surface area contributed by atoms with Gasteiger partial charge in [0, 0.05) is 7.05 Å². The van der Waals surface area contributed by atoms with Crippen LogP contribution in [0.1, 0.15) is 10.5 Å². The molecule has 1 aromatic heterocycles. The van der Waals surface area contributed by atoms with Crippen molar-refractivity contribution in [3.63, 3.8) is 0 Å². The molecule has 0 amide bonds. The minimum Gasteiger partial charge on any atom is -0.476 e. The van der Waals surface area contributed by atoms with E-state index < -0.39 is 22.9 Å². The number of hydrogen-bond donors (Lipinski definition) is 1. The third-order valence-corrected chi connectivity index (χ3v) is 2.11. The molecule has 0 atom stereocenters. The number of aromatic carboxylic acids is 1. The molecule has 0 radical (unpaired) electrons. The first-order valence-electron chi connectivity index (χ1n) is 3.32. The van der Waals surface area contributed by atoms with Gasteiger partial charge in [-0.1, -0.05) is 0 Å². The molecule has 0 aromatic carbocycles. The van der Waals surface area contributed by atoms with Crippen molar-refractivity contribution in [2.75, 3.05) is 0 Å². The summed E-state index contributed by atoms with van der Waals surface area (Å²) in [6, 6.07) is 0. The maximum Gasteiger partial charge on any atom is 0.406 e. The highest BCUT2D eigenvalue weighted by molar-refractivity contribution is 6.05. The van der Waals surface area contributed by atoms with Crippen LogP contribution in [0.5, 0.6) is 0 Å². The average Bonchev–Trinajstić information content (AvgIpc) is 2.07. The lowest BCUT2D eigenvalue weighted by Gasteiger charge is -2.02. The summed E-state index contributed by atoms with van der Waals surface area (Å²) in [6.45, 7) is 0. The highest BCUT2D eigenvalue weighted by Gasteiger charge is 2.14. The summed E-state index contributed by atoms with van der Waals surface area (Å²) in [4.78, 5) is 32.6. The van der Waals surface area contributed by atoms with Gasteiger partial charge < -0.3 is 8.77 Å². The molecule has 0 bridgehead atoms. The van der Waals surface area contributed by atoms with Crippen LogP contribution in [0.25, 0.3) is 0 Å². The fourth-order valence-electron chi connectivity index (χ4n) is 0.833. The van der Waals surface area contributed by atoms with Gasteiger partial charge in [0.2, 0.25) is 5.69 Å². The van der Waals surface area contributed by atoms with Gasteiger partial charge in [-0.3, -0.25) is 9.36 Å². The molecule has 0 aliphatic rings. The number of carboxylic acid groups (broad SMARTS) is 1. The fourth-order valence-corrected chi connectivity index (χ4v) is 1.33. The van der Waals surface area contributed by atoms with Gasteiger partial charge in [0.05, 0.1) is 0 Å². The number of hydrogen-bond acceptors (Lipinski definition) is 4. The van der Waals surface area contributed by atoms with E-state index in [1.165, 1.54) is 7.05 Å². The number of nitrogens with zero attached hydrogens (tertiary/aromatic N) is 3. The molecule has 1 heterocycles. The number of aromatic nitrogens is 3. The minimum atomic E-state index is -1.43. The number of carboxylic acids is 1. The fraction of sp³-hybridized carbons (Fsp3) is 0.200. The van der Waals surface area contributed by atoms with Crippen LogP contribution in [0.15, 0.2) is 9.59 Å². The van der Waals surface area contributed by atoms with Crippen molar-refractivity contribution in [2.24, 2.45) is 7.05 Å². The second kappa shape index (κ2) is 3.16. The molecular formula is C5H6AlN3O4. The molecule has 0 unspecified atom stereocenters. The second-order valence-electron chi connectivity index (χ2n) is 2.42. The van der Waals surface area contributed by atoms with E-state index in [9.17, 15) is 14.4 Å². The van der Waals surface area contributed by atoms with Crippen LogP contribution in [0.3, 0.4) is 0 Å². The number of carbonyl (C=O) groups is 1. The van der Waals surface area contributed by atoms with E-state index in [-0.39, 0.29) is 16.5 Å². The van der Waals surface area contributed by atoms with Crippen LogP contribution < -0.4 is 11.2 Å². The van der Waals surface area contributed by atoms with Crippen LogP contribution in [0, 0.1) is 0 Å². The van der Waals surface area contributed by atoms with E-state index in [1.54, 1.807) is 0 Å². The van der Waals surface area contributed by atoms with E-state index in [2.05, 4.69) is 5.10 Å². The largest absolute Gasteiger partial charge is 0.476 e. The Hall–Kier alpha value is -1.39. The Bertz CT molecular complexity index is 474. The lowest BCUT2D eigenvalue weighted by atomic mass is 10.5. The van der Waals surface area contributed by atoms with E-state index >= 15 is 0 Å². The zero-order valence-corrected chi connectivity index (χ0v) is 9.01. The Kier molecular flexibility index (Phi) is 2.36. The summed E-state index contributed by atoms with van der Waals surface area (Å²) in [7, 11) is 1.22. The van der Waals surface area contributed by atoms with Crippen LogP contribution >= 0.6 is 0 Å². The van der Waals surface area contributed by atoms with Gasteiger partial charge in [-0.05, 0) is 0 Å². The van der Waals surface area contributed by atoms with Crippen LogP contribution in [0.2, 0.25) is 0 Å². The maximum absolute atomic E-state index is 11.1.